The minimum Gasteiger partial charge on any atom is -0.367 e. The molecule has 0 radical (unpaired) electrons. The normalized spacial score (nSPS) is 18.9. The Morgan fingerprint density at radius 2 is 1.96 bits per heavy atom. The number of thiophene rings is 1. The SMILES string of the molecule is NC(=O)[C@@H]1CC[C@H](C(=O)Nc2cc(-c3cccs3)nn2Cc2ccccc2)O1. The third-order valence-corrected chi connectivity index (χ3v) is 5.50. The average molecular weight is 396 g/mol. The number of rotatable bonds is 6. The van der Waals surface area contributed by atoms with Crippen molar-refractivity contribution in [3.8, 4) is 10.6 Å². The molecule has 144 valence electrons. The van der Waals surface area contributed by atoms with E-state index in [-0.39, 0.29) is 5.91 Å². The van der Waals surface area contributed by atoms with Crippen molar-refractivity contribution in [2.24, 2.45) is 5.73 Å². The third-order valence-electron chi connectivity index (χ3n) is 4.61. The van der Waals surface area contributed by atoms with Gasteiger partial charge < -0.3 is 15.8 Å². The van der Waals surface area contributed by atoms with Gasteiger partial charge in [0.15, 0.2) is 0 Å². The van der Waals surface area contributed by atoms with E-state index in [0.717, 1.165) is 16.1 Å². The van der Waals surface area contributed by atoms with Crippen LogP contribution in [0.2, 0.25) is 0 Å². The van der Waals surface area contributed by atoms with Crippen molar-refractivity contribution in [3.05, 3.63) is 59.5 Å². The van der Waals surface area contributed by atoms with Gasteiger partial charge in [0.2, 0.25) is 5.91 Å². The molecular weight excluding hydrogens is 376 g/mol. The predicted octanol–water partition coefficient (Wildman–Crippen LogP) is 2.63. The molecule has 0 aliphatic carbocycles. The van der Waals surface area contributed by atoms with Gasteiger partial charge in [0, 0.05) is 6.07 Å². The van der Waals surface area contributed by atoms with Crippen LogP contribution < -0.4 is 11.1 Å². The summed E-state index contributed by atoms with van der Waals surface area (Å²) in [7, 11) is 0. The highest BCUT2D eigenvalue weighted by Crippen LogP contribution is 2.27. The van der Waals surface area contributed by atoms with E-state index in [4.69, 9.17) is 10.5 Å². The van der Waals surface area contributed by atoms with Crippen LogP contribution in [0.15, 0.2) is 53.9 Å². The first-order valence-electron chi connectivity index (χ1n) is 9.01. The van der Waals surface area contributed by atoms with Gasteiger partial charge in [0.1, 0.15) is 23.7 Å². The summed E-state index contributed by atoms with van der Waals surface area (Å²) in [6, 6.07) is 15.7. The number of aromatic nitrogens is 2. The van der Waals surface area contributed by atoms with Crippen LogP contribution in [0.5, 0.6) is 0 Å². The van der Waals surface area contributed by atoms with Crippen molar-refractivity contribution < 1.29 is 14.3 Å². The van der Waals surface area contributed by atoms with Gasteiger partial charge in [-0.15, -0.1) is 11.3 Å². The maximum atomic E-state index is 12.7. The Morgan fingerprint density at radius 3 is 2.64 bits per heavy atom. The zero-order valence-electron chi connectivity index (χ0n) is 15.1. The lowest BCUT2D eigenvalue weighted by Gasteiger charge is -2.13. The van der Waals surface area contributed by atoms with Crippen LogP contribution in [0.3, 0.4) is 0 Å². The number of nitrogens with one attached hydrogen (secondary N) is 1. The summed E-state index contributed by atoms with van der Waals surface area (Å²) < 4.78 is 7.25. The van der Waals surface area contributed by atoms with Gasteiger partial charge in [-0.2, -0.15) is 5.10 Å². The number of nitrogens with two attached hydrogens (primary N) is 1. The fraction of sp³-hybridized carbons (Fsp3) is 0.250. The average Bonchev–Trinajstić information content (AvgIpc) is 3.44. The van der Waals surface area contributed by atoms with Crippen molar-refractivity contribution in [1.29, 1.82) is 0 Å². The van der Waals surface area contributed by atoms with Gasteiger partial charge in [0.25, 0.3) is 5.91 Å². The van der Waals surface area contributed by atoms with Crippen LogP contribution in [-0.2, 0) is 20.9 Å². The van der Waals surface area contributed by atoms with E-state index < -0.39 is 18.1 Å². The van der Waals surface area contributed by atoms with Crippen LogP contribution >= 0.6 is 11.3 Å². The van der Waals surface area contributed by atoms with Crippen molar-refractivity contribution in [1.82, 2.24) is 9.78 Å². The first kappa shape index (κ1) is 18.4. The lowest BCUT2D eigenvalue weighted by atomic mass is 10.2. The molecule has 3 heterocycles. The fourth-order valence-electron chi connectivity index (χ4n) is 3.19. The smallest absolute Gasteiger partial charge is 0.254 e. The van der Waals surface area contributed by atoms with Gasteiger partial charge in [-0.1, -0.05) is 36.4 Å². The largest absolute Gasteiger partial charge is 0.367 e. The maximum Gasteiger partial charge on any atom is 0.254 e. The van der Waals surface area contributed by atoms with Gasteiger partial charge in [0.05, 0.1) is 11.4 Å². The van der Waals surface area contributed by atoms with Gasteiger partial charge in [-0.05, 0) is 29.9 Å². The first-order chi connectivity index (χ1) is 13.6. The number of primary amides is 1. The highest BCUT2D eigenvalue weighted by Gasteiger charge is 2.34. The van der Waals surface area contributed by atoms with E-state index in [2.05, 4.69) is 10.4 Å². The zero-order valence-corrected chi connectivity index (χ0v) is 15.9. The molecule has 0 unspecified atom stereocenters. The van der Waals surface area contributed by atoms with E-state index in [1.807, 2.05) is 53.9 Å². The number of anilines is 1. The Kier molecular flexibility index (Phi) is 5.23. The van der Waals surface area contributed by atoms with E-state index in [1.54, 1.807) is 16.0 Å². The third kappa shape index (κ3) is 3.97. The molecular formula is C20H20N4O3S. The Hall–Kier alpha value is -2.97. The molecule has 1 aromatic carbocycles. The van der Waals surface area contributed by atoms with Gasteiger partial charge >= 0.3 is 0 Å². The van der Waals surface area contributed by atoms with Crippen molar-refractivity contribution >= 4 is 29.0 Å². The summed E-state index contributed by atoms with van der Waals surface area (Å²) in [6.07, 6.45) is -0.476. The van der Waals surface area contributed by atoms with Gasteiger partial charge in [-0.3, -0.25) is 9.59 Å². The quantitative estimate of drug-likeness (QED) is 0.669. The molecule has 7 nitrogen and oxygen atoms in total. The molecule has 2 amide bonds. The summed E-state index contributed by atoms with van der Waals surface area (Å²) in [4.78, 5) is 25.0. The summed E-state index contributed by atoms with van der Waals surface area (Å²) in [5.41, 5.74) is 7.14. The molecule has 4 rings (SSSR count). The number of hydrogen-bond acceptors (Lipinski definition) is 5. The highest BCUT2D eigenvalue weighted by molar-refractivity contribution is 7.13. The lowest BCUT2D eigenvalue weighted by molar-refractivity contribution is -0.134. The summed E-state index contributed by atoms with van der Waals surface area (Å²) in [6.45, 7) is 0.525. The monoisotopic (exact) mass is 396 g/mol. The number of hydrogen-bond donors (Lipinski definition) is 2. The Balaban J connectivity index is 1.56. The molecule has 1 fully saturated rings. The van der Waals surface area contributed by atoms with E-state index in [9.17, 15) is 9.59 Å². The van der Waals surface area contributed by atoms with Crippen LogP contribution in [0, 0.1) is 0 Å². The molecule has 1 aliphatic heterocycles. The maximum absolute atomic E-state index is 12.7. The molecule has 8 heteroatoms. The molecule has 1 saturated heterocycles. The molecule has 3 N–H and O–H groups in total. The van der Waals surface area contributed by atoms with Crippen LogP contribution in [-0.4, -0.2) is 33.8 Å². The zero-order chi connectivity index (χ0) is 19.5. The summed E-state index contributed by atoms with van der Waals surface area (Å²) >= 11 is 1.59. The van der Waals surface area contributed by atoms with Crippen LogP contribution in [0.25, 0.3) is 10.6 Å². The van der Waals surface area contributed by atoms with Crippen molar-refractivity contribution in [3.63, 3.8) is 0 Å². The second-order valence-corrected chi connectivity index (χ2v) is 7.57. The molecule has 2 aromatic heterocycles. The minimum absolute atomic E-state index is 0.296. The molecule has 2 atom stereocenters. The number of amides is 2. The summed E-state index contributed by atoms with van der Waals surface area (Å²) in [5.74, 6) is -0.247. The van der Waals surface area contributed by atoms with E-state index >= 15 is 0 Å². The van der Waals surface area contributed by atoms with Crippen LogP contribution in [0.1, 0.15) is 18.4 Å². The minimum atomic E-state index is -0.702. The Bertz CT molecular complexity index is 969. The standard InChI is InChI=1S/C20H20N4O3S/c21-19(25)15-8-9-16(27-15)20(26)22-18-11-14(17-7-4-10-28-17)23-24(18)12-13-5-2-1-3-6-13/h1-7,10-11,15-16H,8-9,12H2,(H2,21,25)(H,22,26)/t15-,16+/m0/s1. The number of benzene rings is 1. The highest BCUT2D eigenvalue weighted by atomic mass is 32.1. The molecule has 0 bridgehead atoms. The van der Waals surface area contributed by atoms with Crippen molar-refractivity contribution in [2.45, 2.75) is 31.6 Å². The number of carbonyl (C=O) groups excluding carboxylic acids is 2. The van der Waals surface area contributed by atoms with Crippen molar-refractivity contribution in [2.75, 3.05) is 5.32 Å². The topological polar surface area (TPSA) is 99.2 Å². The molecule has 28 heavy (non-hydrogen) atoms. The molecule has 0 spiro atoms. The predicted molar refractivity (Wildman–Crippen MR) is 107 cm³/mol. The second kappa shape index (κ2) is 7.95. The van der Waals surface area contributed by atoms with E-state index in [0.29, 0.717) is 25.2 Å². The first-order valence-corrected chi connectivity index (χ1v) is 9.89. The Morgan fingerprint density at radius 1 is 1.18 bits per heavy atom. The molecule has 3 aromatic rings. The molecule has 1 aliphatic rings. The number of carbonyl (C=O) groups is 2. The van der Waals surface area contributed by atoms with E-state index in [1.165, 1.54) is 0 Å². The summed E-state index contributed by atoms with van der Waals surface area (Å²) in [5, 5.41) is 9.56. The lowest BCUT2D eigenvalue weighted by Crippen LogP contribution is -2.33. The fourth-order valence-corrected chi connectivity index (χ4v) is 3.87. The van der Waals surface area contributed by atoms with Crippen LogP contribution in [0.4, 0.5) is 5.82 Å². The number of ether oxygens (including phenoxy) is 1. The second-order valence-electron chi connectivity index (χ2n) is 6.62. The Labute approximate surface area is 166 Å². The molecule has 0 saturated carbocycles. The van der Waals surface area contributed by atoms with Gasteiger partial charge in [-0.25, -0.2) is 4.68 Å². The number of nitrogens with zero attached hydrogens (tertiary/aromatic N) is 2.